The number of rotatable bonds is 29. The van der Waals surface area contributed by atoms with E-state index in [1.54, 1.807) is 7.05 Å². The molecule has 1 aromatic heterocycles. The van der Waals surface area contributed by atoms with Gasteiger partial charge in [-0.3, -0.25) is 9.59 Å². The zero-order chi connectivity index (χ0) is 59.8. The number of ether oxygens (including phenoxy) is 6. The zero-order valence-corrected chi connectivity index (χ0v) is 48.2. The summed E-state index contributed by atoms with van der Waals surface area (Å²) in [6.07, 6.45) is 1.94. The molecule has 0 aliphatic carbocycles. The molecular weight excluding hydrogens is 1090 g/mol. The van der Waals surface area contributed by atoms with E-state index >= 15 is 0 Å². The average Bonchev–Trinajstić information content (AvgIpc) is 1.87. The van der Waals surface area contributed by atoms with Crippen molar-refractivity contribution in [3.05, 3.63) is 216 Å². The van der Waals surface area contributed by atoms with Gasteiger partial charge in [0.25, 0.3) is 0 Å². The second-order valence-corrected chi connectivity index (χ2v) is 19.6. The van der Waals surface area contributed by atoms with Crippen LogP contribution in [-0.4, -0.2) is 106 Å². The Bertz CT molecular complexity index is 3540. The van der Waals surface area contributed by atoms with Gasteiger partial charge in [-0.25, -0.2) is 4.68 Å². The number of hydrogen-bond donors (Lipinski definition) is 1. The highest BCUT2D eigenvalue weighted by molar-refractivity contribution is 6.00. The number of azide groups is 2. The molecule has 0 saturated carbocycles. The predicted octanol–water partition coefficient (Wildman–Crippen LogP) is 10.9. The summed E-state index contributed by atoms with van der Waals surface area (Å²) in [4.78, 5) is 33.0. The Kier molecular flexibility index (Phi) is 25.4. The number of nitrogens with one attached hydrogen (secondary N) is 1. The molecule has 0 saturated heterocycles. The Hall–Kier alpha value is -9.54. The molecule has 86 heavy (non-hydrogen) atoms. The molecular formula is C67H67N11O8. The number of fused-ring (bicyclic) bond motifs is 5. The van der Waals surface area contributed by atoms with Gasteiger partial charge in [0.1, 0.15) is 5.69 Å². The van der Waals surface area contributed by atoms with Gasteiger partial charge in [0, 0.05) is 87.3 Å². The van der Waals surface area contributed by atoms with Crippen molar-refractivity contribution in [2.75, 3.05) is 84.5 Å². The summed E-state index contributed by atoms with van der Waals surface area (Å²) in [5, 5.41) is 18.8. The van der Waals surface area contributed by atoms with Crippen LogP contribution < -0.4 is 10.2 Å². The van der Waals surface area contributed by atoms with E-state index in [1.165, 1.54) is 0 Å². The van der Waals surface area contributed by atoms with E-state index < -0.39 is 0 Å². The first-order valence-electron chi connectivity index (χ1n) is 28.5. The number of aromatic nitrogens is 3. The predicted molar refractivity (Wildman–Crippen MR) is 328 cm³/mol. The highest BCUT2D eigenvalue weighted by Crippen LogP contribution is 2.41. The molecule has 0 spiro atoms. The summed E-state index contributed by atoms with van der Waals surface area (Å²) >= 11 is 0. The van der Waals surface area contributed by atoms with E-state index in [4.69, 9.17) is 39.5 Å². The van der Waals surface area contributed by atoms with Crippen molar-refractivity contribution in [1.29, 1.82) is 0 Å². The highest BCUT2D eigenvalue weighted by atomic mass is 16.5. The van der Waals surface area contributed by atoms with E-state index in [9.17, 15) is 9.59 Å². The number of hydrogen-bond acceptors (Lipinski definition) is 12. The fourth-order valence-electron chi connectivity index (χ4n) is 9.03. The van der Waals surface area contributed by atoms with Crippen LogP contribution in [0.5, 0.6) is 0 Å². The minimum absolute atomic E-state index is 0.00795. The van der Waals surface area contributed by atoms with Gasteiger partial charge in [0.15, 0.2) is 0 Å². The Balaban J connectivity index is 0.855. The van der Waals surface area contributed by atoms with E-state index in [1.807, 2.05) is 149 Å². The minimum Gasteiger partial charge on any atom is -0.379 e. The number of para-hydroxylation sites is 1. The summed E-state index contributed by atoms with van der Waals surface area (Å²) in [5.74, 6) is 19.8. The topological polar surface area (TPSA) is 233 Å². The van der Waals surface area contributed by atoms with Crippen LogP contribution in [0.4, 0.5) is 5.69 Å². The first-order valence-corrected chi connectivity index (χ1v) is 28.5. The first kappa shape index (κ1) is 62.5. The third-order valence-electron chi connectivity index (χ3n) is 13.4. The van der Waals surface area contributed by atoms with Crippen LogP contribution >= 0.6 is 0 Å². The van der Waals surface area contributed by atoms with Gasteiger partial charge >= 0.3 is 0 Å². The van der Waals surface area contributed by atoms with Gasteiger partial charge < -0.3 is 38.6 Å². The van der Waals surface area contributed by atoms with Gasteiger partial charge in [0.2, 0.25) is 11.8 Å². The van der Waals surface area contributed by atoms with Crippen molar-refractivity contribution in [3.8, 4) is 58.0 Å². The molecule has 0 fully saturated rings. The molecule has 1 aliphatic heterocycles. The molecule has 2 amide bonds. The van der Waals surface area contributed by atoms with Crippen LogP contribution in [0.15, 0.2) is 150 Å². The van der Waals surface area contributed by atoms with Crippen LogP contribution in [0, 0.1) is 35.5 Å². The number of benzene rings is 6. The van der Waals surface area contributed by atoms with Gasteiger partial charge in [-0.2, -0.15) is 0 Å². The number of anilines is 1. The molecule has 1 N–H and O–H groups in total. The van der Waals surface area contributed by atoms with Gasteiger partial charge in [-0.05, 0) is 107 Å². The van der Waals surface area contributed by atoms with Crippen molar-refractivity contribution in [2.24, 2.45) is 10.2 Å². The lowest BCUT2D eigenvalue weighted by atomic mass is 9.95. The number of nitrogens with zero attached hydrogens (tertiary/aromatic N) is 10. The molecule has 8 rings (SSSR count). The molecule has 0 radical (unpaired) electrons. The van der Waals surface area contributed by atoms with Crippen LogP contribution in [-0.2, 0) is 70.9 Å². The maximum Gasteiger partial charge on any atom is 0.227 e. The second-order valence-electron chi connectivity index (χ2n) is 19.6. The van der Waals surface area contributed by atoms with Crippen molar-refractivity contribution in [1.82, 2.24) is 20.3 Å². The Morgan fingerprint density at radius 1 is 0.535 bits per heavy atom. The van der Waals surface area contributed by atoms with Crippen LogP contribution in [0.1, 0.15) is 81.3 Å². The molecule has 19 heteroatoms. The Morgan fingerprint density at radius 3 is 1.48 bits per heavy atom. The highest BCUT2D eigenvalue weighted by Gasteiger charge is 2.29. The Labute approximate surface area is 501 Å². The smallest absolute Gasteiger partial charge is 0.227 e. The summed E-state index contributed by atoms with van der Waals surface area (Å²) in [6, 6.07) is 45.5. The molecule has 0 bridgehead atoms. The molecule has 2 heterocycles. The van der Waals surface area contributed by atoms with Gasteiger partial charge in [0.05, 0.1) is 104 Å². The lowest BCUT2D eigenvalue weighted by molar-refractivity contribution is -0.121. The number of carbonyl (C=O) groups excluding carboxylic acids is 2. The van der Waals surface area contributed by atoms with E-state index in [0.29, 0.717) is 131 Å². The van der Waals surface area contributed by atoms with Crippen molar-refractivity contribution in [3.63, 3.8) is 0 Å². The third kappa shape index (κ3) is 20.1. The molecule has 438 valence electrons. The van der Waals surface area contributed by atoms with Crippen molar-refractivity contribution < 1.29 is 38.0 Å². The Morgan fingerprint density at radius 2 is 0.977 bits per heavy atom. The number of amides is 2. The lowest BCUT2D eigenvalue weighted by Crippen LogP contribution is -2.31. The summed E-state index contributed by atoms with van der Waals surface area (Å²) in [5.41, 5.74) is 29.7. The SMILES string of the molecule is CNC(=O)CCCCC(=O)N1Cc2ccccc2-c2nnn(CCOCCOCc3ccc(C#Cc4cc(C#Cc5ccc(COCCOCCN=[N+]=[N-])cc5)cc(C#Cc5ccc(COCCOCCN=[N+]=[N-])cc5)c4)cc3)c2-c2ccccc21. The lowest BCUT2D eigenvalue weighted by Gasteiger charge is -2.29. The van der Waals surface area contributed by atoms with E-state index in [2.05, 4.69) is 71.2 Å². The maximum atomic E-state index is 13.9. The normalized spacial score (nSPS) is 11.1. The molecule has 0 atom stereocenters. The second kappa shape index (κ2) is 34.9. The third-order valence-corrected chi connectivity index (χ3v) is 13.4. The standard InChI is InChI=1S/C67H67N11O8/c1-70-64(79)12-6-7-13-65(80)77-47-60-8-2-3-9-61(60)66-67(62-10-4-5-11-63(62)77)78(76-73-66)34-37-83-40-43-86-50-56-27-18-53(19-28-56)22-31-59-45-57(29-20-51-14-23-54(24-15-51)48-84-41-38-81-35-32-71-74-68)44-58(46-59)30-21-52-16-25-55(26-17-52)49-85-42-39-82-36-33-72-75-69/h2-5,8-11,14-19,23-28,44-46H,6-7,12-13,32-43,47-50H2,1H3,(H,70,79). The summed E-state index contributed by atoms with van der Waals surface area (Å²) < 4.78 is 36.2. The number of unbranched alkanes of at least 4 members (excludes halogenated alkanes) is 1. The summed E-state index contributed by atoms with van der Waals surface area (Å²) in [6.45, 7) is 6.18. The molecule has 1 aliphatic rings. The maximum absolute atomic E-state index is 13.9. The van der Waals surface area contributed by atoms with Crippen molar-refractivity contribution in [2.45, 2.75) is 58.6 Å². The van der Waals surface area contributed by atoms with Crippen LogP contribution in [0.2, 0.25) is 0 Å². The van der Waals surface area contributed by atoms with Crippen LogP contribution in [0.3, 0.4) is 0 Å². The van der Waals surface area contributed by atoms with Crippen LogP contribution in [0.25, 0.3) is 43.4 Å². The molecule has 19 nitrogen and oxygen atoms in total. The van der Waals surface area contributed by atoms with E-state index in [0.717, 1.165) is 83.8 Å². The first-order chi connectivity index (χ1) is 42.4. The monoisotopic (exact) mass is 1150 g/mol. The zero-order valence-electron chi connectivity index (χ0n) is 48.2. The van der Waals surface area contributed by atoms with Crippen molar-refractivity contribution >= 4 is 17.5 Å². The molecule has 7 aromatic rings. The fourth-order valence-corrected chi connectivity index (χ4v) is 9.03. The minimum atomic E-state index is -0.0319. The largest absolute Gasteiger partial charge is 0.379 e. The quantitative estimate of drug-likeness (QED) is 0.0153. The number of carbonyl (C=O) groups is 2. The van der Waals surface area contributed by atoms with Gasteiger partial charge in [-0.1, -0.05) is 130 Å². The van der Waals surface area contributed by atoms with E-state index in [-0.39, 0.29) is 11.8 Å². The molecule has 6 aromatic carbocycles. The fraction of sp³-hybridized carbons (Fsp3) is 0.313. The molecule has 0 unspecified atom stereocenters. The van der Waals surface area contributed by atoms with Gasteiger partial charge in [-0.15, -0.1) is 5.10 Å². The average molecular weight is 1150 g/mol. The summed E-state index contributed by atoms with van der Waals surface area (Å²) in [7, 11) is 1.62.